The molecule has 3 aromatic rings. The summed E-state index contributed by atoms with van der Waals surface area (Å²) in [6.45, 7) is 0.948. The van der Waals surface area contributed by atoms with Gasteiger partial charge in [0.15, 0.2) is 5.78 Å². The van der Waals surface area contributed by atoms with Gasteiger partial charge in [0.2, 0.25) is 0 Å². The molecule has 2 heterocycles. The number of aryl methyl sites for hydroxylation is 1. The van der Waals surface area contributed by atoms with E-state index in [4.69, 9.17) is 23.2 Å². The molecule has 0 saturated carbocycles. The van der Waals surface area contributed by atoms with Gasteiger partial charge in [0.25, 0.3) is 5.91 Å². The molecule has 5 nitrogen and oxygen atoms in total. The van der Waals surface area contributed by atoms with Crippen LogP contribution in [0.2, 0.25) is 10.0 Å². The molecule has 4 rings (SSSR count). The van der Waals surface area contributed by atoms with Crippen LogP contribution in [0.1, 0.15) is 51.1 Å². The minimum atomic E-state index is -0.389. The van der Waals surface area contributed by atoms with Crippen LogP contribution in [-0.2, 0) is 12.8 Å². The van der Waals surface area contributed by atoms with Crippen LogP contribution in [-0.4, -0.2) is 28.9 Å². The van der Waals surface area contributed by atoms with E-state index in [9.17, 15) is 9.59 Å². The van der Waals surface area contributed by atoms with Gasteiger partial charge < -0.3 is 5.32 Å². The highest BCUT2D eigenvalue weighted by Crippen LogP contribution is 2.21. The molecule has 33 heavy (non-hydrogen) atoms. The molecule has 1 aliphatic heterocycles. The van der Waals surface area contributed by atoms with Gasteiger partial charge in [-0.05, 0) is 61.1 Å². The van der Waals surface area contributed by atoms with Crippen LogP contribution in [0.3, 0.4) is 0 Å². The summed E-state index contributed by atoms with van der Waals surface area (Å²) < 4.78 is 0. The highest BCUT2D eigenvalue weighted by molar-refractivity contribution is 6.31. The Labute approximate surface area is 202 Å². The lowest BCUT2D eigenvalue weighted by molar-refractivity contribution is 0.0992. The molecular formula is C26H23Cl2N3O2. The van der Waals surface area contributed by atoms with Gasteiger partial charge in [-0.25, -0.2) is 4.98 Å². The number of hydrogen-bond acceptors (Lipinski definition) is 4. The maximum Gasteiger partial charge on any atom is 0.257 e. The predicted octanol–water partition coefficient (Wildman–Crippen LogP) is 6.23. The molecule has 7 heteroatoms. The van der Waals surface area contributed by atoms with Gasteiger partial charge in [-0.2, -0.15) is 0 Å². The summed E-state index contributed by atoms with van der Waals surface area (Å²) in [6, 6.07) is 15.9. The Hall–Kier alpha value is -3.02. The van der Waals surface area contributed by atoms with Crippen LogP contribution in [0, 0.1) is 0 Å². The molecule has 0 unspecified atom stereocenters. The second-order valence-electron chi connectivity index (χ2n) is 7.97. The third-order valence-corrected chi connectivity index (χ3v) is 6.03. The number of carbonyl (C=O) groups is 2. The van der Waals surface area contributed by atoms with Crippen molar-refractivity contribution in [3.8, 4) is 0 Å². The van der Waals surface area contributed by atoms with E-state index in [-0.39, 0.29) is 18.1 Å². The lowest BCUT2D eigenvalue weighted by Gasteiger charge is -2.11. The Morgan fingerprint density at radius 2 is 1.73 bits per heavy atom. The molecule has 1 aromatic heterocycles. The van der Waals surface area contributed by atoms with Crippen molar-refractivity contribution in [2.45, 2.75) is 32.1 Å². The summed E-state index contributed by atoms with van der Waals surface area (Å²) in [4.78, 5) is 34.4. The Kier molecular flexibility index (Phi) is 7.53. The average Bonchev–Trinajstić information content (AvgIpc) is 3.34. The zero-order valence-corrected chi connectivity index (χ0v) is 19.5. The molecule has 168 valence electrons. The number of anilines is 1. The number of benzene rings is 2. The van der Waals surface area contributed by atoms with Gasteiger partial charge in [-0.1, -0.05) is 53.5 Å². The van der Waals surface area contributed by atoms with Crippen molar-refractivity contribution in [1.82, 2.24) is 4.98 Å². The summed E-state index contributed by atoms with van der Waals surface area (Å²) in [5.74, 6) is -0.0937. The number of rotatable bonds is 8. The first-order valence-electron chi connectivity index (χ1n) is 10.8. The topological polar surface area (TPSA) is 71.4 Å². The third kappa shape index (κ3) is 6.28. The second kappa shape index (κ2) is 10.7. The molecule has 1 amide bonds. The molecule has 0 spiro atoms. The molecule has 0 aliphatic carbocycles. The normalized spacial score (nSPS) is 13.0. The minimum absolute atomic E-state index is 0.0669. The fraction of sp³-hybridized carbons (Fsp3) is 0.231. The van der Waals surface area contributed by atoms with Crippen molar-refractivity contribution in [1.29, 1.82) is 0 Å². The maximum absolute atomic E-state index is 12.9. The van der Waals surface area contributed by atoms with Crippen molar-refractivity contribution >= 4 is 46.4 Å². The first-order chi connectivity index (χ1) is 16.0. The zero-order chi connectivity index (χ0) is 23.2. The Morgan fingerprint density at radius 3 is 2.42 bits per heavy atom. The molecule has 1 N–H and O–H groups in total. The zero-order valence-electron chi connectivity index (χ0n) is 18.0. The Morgan fingerprint density at radius 1 is 0.939 bits per heavy atom. The van der Waals surface area contributed by atoms with E-state index in [0.717, 1.165) is 32.2 Å². The van der Waals surface area contributed by atoms with Crippen molar-refractivity contribution in [2.24, 2.45) is 4.99 Å². The molecule has 2 aromatic carbocycles. The van der Waals surface area contributed by atoms with Gasteiger partial charge in [-0.3, -0.25) is 14.6 Å². The second-order valence-corrected chi connectivity index (χ2v) is 8.84. The predicted molar refractivity (Wildman–Crippen MR) is 133 cm³/mol. The maximum atomic E-state index is 12.9. The SMILES string of the molecule is O=C(Cc1ccc(Cl)cc1C(=O)Nc1ccc(Cl)cn1)c1ccc(CCC2=NCCC2)cc1. The highest BCUT2D eigenvalue weighted by atomic mass is 35.5. The number of nitrogens with zero attached hydrogens (tertiary/aromatic N) is 2. The van der Waals surface area contributed by atoms with Gasteiger partial charge in [-0.15, -0.1) is 0 Å². The quantitative estimate of drug-likeness (QED) is 0.389. The van der Waals surface area contributed by atoms with E-state index in [1.807, 2.05) is 24.3 Å². The van der Waals surface area contributed by atoms with Gasteiger partial charge in [0.1, 0.15) is 5.82 Å². The van der Waals surface area contributed by atoms with E-state index < -0.39 is 0 Å². The summed E-state index contributed by atoms with van der Waals surface area (Å²) >= 11 is 12.0. The third-order valence-electron chi connectivity index (χ3n) is 5.57. The average molecular weight is 480 g/mol. The molecule has 0 saturated heterocycles. The van der Waals surface area contributed by atoms with Crippen LogP contribution < -0.4 is 5.32 Å². The number of hydrogen-bond donors (Lipinski definition) is 1. The number of pyridine rings is 1. The van der Waals surface area contributed by atoms with Crippen LogP contribution in [0.25, 0.3) is 0 Å². The molecular weight excluding hydrogens is 457 g/mol. The largest absolute Gasteiger partial charge is 0.307 e. The van der Waals surface area contributed by atoms with Crippen LogP contribution in [0.4, 0.5) is 5.82 Å². The fourth-order valence-corrected chi connectivity index (χ4v) is 4.06. The smallest absolute Gasteiger partial charge is 0.257 e. The number of carbonyl (C=O) groups excluding carboxylic acids is 2. The Bertz CT molecular complexity index is 1190. The van der Waals surface area contributed by atoms with E-state index >= 15 is 0 Å². The Balaban J connectivity index is 1.44. The lowest BCUT2D eigenvalue weighted by atomic mass is 9.97. The minimum Gasteiger partial charge on any atom is -0.307 e. The summed E-state index contributed by atoms with van der Waals surface area (Å²) in [5, 5.41) is 3.61. The van der Waals surface area contributed by atoms with E-state index in [2.05, 4.69) is 15.3 Å². The number of halogens is 2. The number of Topliss-reactive ketones (excluding diaryl/α,β-unsaturated/α-hetero) is 1. The van der Waals surface area contributed by atoms with E-state index in [1.165, 1.54) is 17.5 Å². The molecule has 0 radical (unpaired) electrons. The summed E-state index contributed by atoms with van der Waals surface area (Å²) in [7, 11) is 0. The first-order valence-corrected chi connectivity index (χ1v) is 11.6. The van der Waals surface area contributed by atoms with E-state index in [0.29, 0.717) is 32.6 Å². The van der Waals surface area contributed by atoms with Crippen LogP contribution in [0.15, 0.2) is 65.8 Å². The number of aromatic nitrogens is 1. The number of aliphatic imine (C=N–C) groups is 1. The first kappa shape index (κ1) is 23.1. The fourth-order valence-electron chi connectivity index (χ4n) is 3.77. The van der Waals surface area contributed by atoms with Crippen molar-refractivity contribution in [3.05, 3.63) is 93.1 Å². The monoisotopic (exact) mass is 479 g/mol. The lowest BCUT2D eigenvalue weighted by Crippen LogP contribution is -2.17. The molecule has 0 fully saturated rings. The number of ketones is 1. The van der Waals surface area contributed by atoms with Crippen LogP contribution >= 0.6 is 23.2 Å². The van der Waals surface area contributed by atoms with Crippen LogP contribution in [0.5, 0.6) is 0 Å². The summed E-state index contributed by atoms with van der Waals surface area (Å²) in [6.07, 6.45) is 5.69. The standard InChI is InChI=1S/C26H23Cl2N3O2/c27-20-9-8-19(23(15-20)26(33)31-25-12-10-21(28)16-30-25)14-24(32)18-6-3-17(4-7-18)5-11-22-2-1-13-29-22/h3-4,6-10,12,15-16H,1-2,5,11,13-14H2,(H,30,31,33). The number of nitrogens with one attached hydrogen (secondary N) is 1. The van der Waals surface area contributed by atoms with Crippen molar-refractivity contribution in [3.63, 3.8) is 0 Å². The molecule has 1 aliphatic rings. The number of amides is 1. The van der Waals surface area contributed by atoms with Crippen molar-refractivity contribution in [2.75, 3.05) is 11.9 Å². The van der Waals surface area contributed by atoms with Gasteiger partial charge >= 0.3 is 0 Å². The molecule has 0 atom stereocenters. The van der Waals surface area contributed by atoms with Gasteiger partial charge in [0.05, 0.1) is 5.02 Å². The highest BCUT2D eigenvalue weighted by Gasteiger charge is 2.17. The van der Waals surface area contributed by atoms with Gasteiger partial charge in [0, 0.05) is 41.0 Å². The molecule has 0 bridgehead atoms. The van der Waals surface area contributed by atoms with E-state index in [1.54, 1.807) is 30.3 Å². The summed E-state index contributed by atoms with van der Waals surface area (Å²) in [5.41, 5.74) is 4.01. The van der Waals surface area contributed by atoms with Crippen molar-refractivity contribution < 1.29 is 9.59 Å².